The van der Waals surface area contributed by atoms with Crippen molar-refractivity contribution in [2.24, 2.45) is 35.0 Å². The number of phenols is 1. The molecule has 0 bridgehead atoms. The van der Waals surface area contributed by atoms with Gasteiger partial charge in [0, 0.05) is 5.92 Å². The fraction of sp³-hybridized carbons (Fsp3) is 0.750. The van der Waals surface area contributed by atoms with Gasteiger partial charge in [-0.25, -0.2) is 0 Å². The highest BCUT2D eigenvalue weighted by Crippen LogP contribution is 2.67. The normalized spacial score (nSPS) is 38.9. The zero-order chi connectivity index (χ0) is 22.7. The number of fused-ring (bicyclic) bond motifs is 5. The van der Waals surface area contributed by atoms with Crippen LogP contribution in [0.4, 0.5) is 0 Å². The first-order chi connectivity index (χ1) is 15.3. The number of carboxylic acid groups (broad SMARTS) is 1. The van der Waals surface area contributed by atoms with Crippen LogP contribution in [0.25, 0.3) is 0 Å². The molecule has 0 amide bonds. The molecular formula is C28H40O4. The van der Waals surface area contributed by atoms with Gasteiger partial charge in [-0.05, 0) is 90.9 Å². The van der Waals surface area contributed by atoms with Crippen molar-refractivity contribution in [1.29, 1.82) is 0 Å². The lowest BCUT2D eigenvalue weighted by atomic mass is 9.49. The molecule has 0 heterocycles. The van der Waals surface area contributed by atoms with Gasteiger partial charge in [-0.1, -0.05) is 52.0 Å². The SMILES string of the molecule is CC(C(=O)O)C(C1CCCCC1)[C@]1(O)CC[C@H]2[C@@H]3CCc4cc(O)ccc4[C@H]3CC[C@@]21C. The minimum Gasteiger partial charge on any atom is -0.508 e. The minimum atomic E-state index is -0.891. The first-order valence-corrected chi connectivity index (χ1v) is 13.0. The Bertz CT molecular complexity index is 874. The molecule has 4 nitrogen and oxygen atoms in total. The topological polar surface area (TPSA) is 77.8 Å². The molecule has 0 spiro atoms. The Hall–Kier alpha value is -1.55. The van der Waals surface area contributed by atoms with Crippen LogP contribution >= 0.6 is 0 Å². The van der Waals surface area contributed by atoms with Gasteiger partial charge in [0.25, 0.3) is 0 Å². The van der Waals surface area contributed by atoms with Gasteiger partial charge in [0.1, 0.15) is 5.75 Å². The Kier molecular flexibility index (Phi) is 5.59. The van der Waals surface area contributed by atoms with Crippen LogP contribution in [-0.2, 0) is 11.2 Å². The van der Waals surface area contributed by atoms with Crippen molar-refractivity contribution in [1.82, 2.24) is 0 Å². The maximum atomic E-state index is 12.5. The average molecular weight is 441 g/mol. The number of aliphatic hydroxyl groups is 1. The Labute approximate surface area is 192 Å². The van der Waals surface area contributed by atoms with E-state index in [2.05, 4.69) is 13.0 Å². The number of hydrogen-bond acceptors (Lipinski definition) is 3. The van der Waals surface area contributed by atoms with Gasteiger partial charge in [-0.15, -0.1) is 0 Å². The van der Waals surface area contributed by atoms with E-state index in [4.69, 9.17) is 0 Å². The molecule has 3 saturated carbocycles. The number of aliphatic carboxylic acids is 1. The van der Waals surface area contributed by atoms with Crippen LogP contribution in [0, 0.1) is 35.0 Å². The van der Waals surface area contributed by atoms with Crippen LogP contribution < -0.4 is 0 Å². The number of hydrogen-bond donors (Lipinski definition) is 3. The zero-order valence-corrected chi connectivity index (χ0v) is 19.7. The second kappa shape index (κ2) is 8.04. The molecule has 0 aliphatic heterocycles. The predicted octanol–water partition coefficient (Wildman–Crippen LogP) is 5.90. The molecule has 1 aromatic carbocycles. The third-order valence-electron chi connectivity index (χ3n) is 10.6. The van der Waals surface area contributed by atoms with E-state index in [-0.39, 0.29) is 11.3 Å². The van der Waals surface area contributed by atoms with Crippen LogP contribution in [0.2, 0.25) is 0 Å². The molecule has 2 unspecified atom stereocenters. The zero-order valence-electron chi connectivity index (χ0n) is 19.7. The van der Waals surface area contributed by atoms with E-state index in [1.54, 1.807) is 0 Å². The van der Waals surface area contributed by atoms with Gasteiger partial charge in [0.15, 0.2) is 0 Å². The molecule has 4 heteroatoms. The summed E-state index contributed by atoms with van der Waals surface area (Å²) in [5.41, 5.74) is 1.59. The van der Waals surface area contributed by atoms with E-state index in [1.165, 1.54) is 17.5 Å². The molecule has 0 saturated heterocycles. The highest BCUT2D eigenvalue weighted by Gasteiger charge is 2.65. The van der Waals surface area contributed by atoms with Crippen LogP contribution in [0.15, 0.2) is 18.2 Å². The van der Waals surface area contributed by atoms with Gasteiger partial charge in [0.05, 0.1) is 11.5 Å². The van der Waals surface area contributed by atoms with Crippen LogP contribution in [0.1, 0.15) is 95.1 Å². The molecule has 1 aromatic rings. The Morgan fingerprint density at radius 1 is 1.06 bits per heavy atom. The van der Waals surface area contributed by atoms with Crippen LogP contribution in [-0.4, -0.2) is 26.9 Å². The number of carbonyl (C=O) groups is 1. The molecule has 3 N–H and O–H groups in total. The molecule has 3 fully saturated rings. The van der Waals surface area contributed by atoms with Gasteiger partial charge >= 0.3 is 5.97 Å². The number of rotatable bonds is 4. The molecule has 4 aliphatic carbocycles. The van der Waals surface area contributed by atoms with E-state index in [1.807, 2.05) is 19.1 Å². The molecule has 32 heavy (non-hydrogen) atoms. The third kappa shape index (κ3) is 3.23. The third-order valence-corrected chi connectivity index (χ3v) is 10.6. The lowest BCUT2D eigenvalue weighted by Gasteiger charge is -2.57. The minimum absolute atomic E-state index is 0.153. The molecule has 4 aliphatic rings. The first kappa shape index (κ1) is 22.3. The molecule has 176 valence electrons. The molecule has 7 atom stereocenters. The fourth-order valence-corrected chi connectivity index (χ4v) is 9.03. The number of carboxylic acids is 1. The largest absolute Gasteiger partial charge is 0.508 e. The maximum Gasteiger partial charge on any atom is 0.306 e. The Morgan fingerprint density at radius 3 is 2.53 bits per heavy atom. The highest BCUT2D eigenvalue weighted by molar-refractivity contribution is 5.70. The van der Waals surface area contributed by atoms with Crippen molar-refractivity contribution >= 4 is 5.97 Å². The van der Waals surface area contributed by atoms with Gasteiger partial charge in [-0.2, -0.15) is 0 Å². The van der Waals surface area contributed by atoms with Gasteiger partial charge in [0.2, 0.25) is 0 Å². The first-order valence-electron chi connectivity index (χ1n) is 13.0. The summed E-state index contributed by atoms with van der Waals surface area (Å²) in [6, 6.07) is 5.90. The summed E-state index contributed by atoms with van der Waals surface area (Å²) in [5, 5.41) is 32.5. The lowest BCUT2D eigenvalue weighted by molar-refractivity contribution is -0.178. The van der Waals surface area contributed by atoms with Crippen molar-refractivity contribution in [3.63, 3.8) is 0 Å². The highest BCUT2D eigenvalue weighted by atomic mass is 16.4. The maximum absolute atomic E-state index is 12.5. The van der Waals surface area contributed by atoms with Crippen LogP contribution in [0.5, 0.6) is 5.75 Å². The summed E-state index contributed by atoms with van der Waals surface area (Å²) in [7, 11) is 0. The monoisotopic (exact) mass is 440 g/mol. The summed E-state index contributed by atoms with van der Waals surface area (Å²) in [6.45, 7) is 4.16. The van der Waals surface area contributed by atoms with E-state index in [0.29, 0.717) is 29.4 Å². The standard InChI is InChI=1S/C28H40O4/c1-17(26(30)31)25(18-6-4-3-5-7-18)28(32)15-13-24-23-10-8-19-16-20(29)9-11-21(19)22(23)12-14-27(24,28)2/h9,11,16-18,22-25,29,32H,3-8,10,12-15H2,1-2H3,(H,30,31)/t17?,22-,23-,24+,25?,27+,28-/m1/s1. The quantitative estimate of drug-likeness (QED) is 0.545. The Morgan fingerprint density at radius 2 is 1.81 bits per heavy atom. The predicted molar refractivity (Wildman–Crippen MR) is 125 cm³/mol. The smallest absolute Gasteiger partial charge is 0.306 e. The number of benzene rings is 1. The van der Waals surface area contributed by atoms with Crippen LogP contribution in [0.3, 0.4) is 0 Å². The summed E-state index contributed by atoms with van der Waals surface area (Å²) in [4.78, 5) is 12.2. The summed E-state index contributed by atoms with van der Waals surface area (Å²) in [5.74, 6) is 0.767. The Balaban J connectivity index is 1.49. The molecule has 5 rings (SSSR count). The number of aromatic hydroxyl groups is 1. The van der Waals surface area contributed by atoms with E-state index in [0.717, 1.165) is 64.2 Å². The molecule has 0 radical (unpaired) electrons. The van der Waals surface area contributed by atoms with E-state index >= 15 is 0 Å². The van der Waals surface area contributed by atoms with E-state index in [9.17, 15) is 20.1 Å². The van der Waals surface area contributed by atoms with Crippen molar-refractivity contribution in [3.05, 3.63) is 29.3 Å². The average Bonchev–Trinajstić information content (AvgIpc) is 3.05. The lowest BCUT2D eigenvalue weighted by Crippen LogP contribution is -2.58. The van der Waals surface area contributed by atoms with Crippen molar-refractivity contribution < 1.29 is 20.1 Å². The molecule has 0 aromatic heterocycles. The van der Waals surface area contributed by atoms with Crippen molar-refractivity contribution in [3.8, 4) is 5.75 Å². The van der Waals surface area contributed by atoms with Gasteiger partial charge < -0.3 is 15.3 Å². The van der Waals surface area contributed by atoms with E-state index < -0.39 is 17.5 Å². The molecular weight excluding hydrogens is 400 g/mol. The second-order valence-corrected chi connectivity index (χ2v) is 11.8. The number of phenolic OH excluding ortho intramolecular Hbond substituents is 1. The van der Waals surface area contributed by atoms with Crippen molar-refractivity contribution in [2.45, 2.75) is 96.0 Å². The summed E-state index contributed by atoms with van der Waals surface area (Å²) >= 11 is 0. The fourth-order valence-electron chi connectivity index (χ4n) is 9.03. The van der Waals surface area contributed by atoms with Crippen molar-refractivity contribution in [2.75, 3.05) is 0 Å². The summed E-state index contributed by atoms with van der Waals surface area (Å²) < 4.78 is 0. The summed E-state index contributed by atoms with van der Waals surface area (Å²) in [6.07, 6.45) is 11.6. The number of aryl methyl sites for hydroxylation is 1. The van der Waals surface area contributed by atoms with Gasteiger partial charge in [-0.3, -0.25) is 4.79 Å². The second-order valence-electron chi connectivity index (χ2n) is 11.8.